The number of rotatable bonds is 7. The van der Waals surface area contributed by atoms with E-state index in [1.54, 1.807) is 0 Å². The lowest BCUT2D eigenvalue weighted by Gasteiger charge is -2.35. The van der Waals surface area contributed by atoms with Crippen molar-refractivity contribution in [2.45, 2.75) is 20.8 Å². The van der Waals surface area contributed by atoms with Crippen LogP contribution in [0.2, 0.25) is 0 Å². The van der Waals surface area contributed by atoms with Crippen molar-refractivity contribution in [2.24, 2.45) is 0 Å². The van der Waals surface area contributed by atoms with Crippen molar-refractivity contribution in [3.8, 4) is 0 Å². The first kappa shape index (κ1) is 16.9. The lowest BCUT2D eigenvalue weighted by atomic mass is 10.3. The molecule has 0 saturated carbocycles. The summed E-state index contributed by atoms with van der Waals surface area (Å²) < 4.78 is 5.13. The minimum absolute atomic E-state index is 0.0431. The van der Waals surface area contributed by atoms with Gasteiger partial charge in [0.2, 0.25) is 11.8 Å². The molecule has 6 nitrogen and oxygen atoms in total. The van der Waals surface area contributed by atoms with Crippen LogP contribution in [0.3, 0.4) is 0 Å². The van der Waals surface area contributed by atoms with E-state index >= 15 is 0 Å². The Morgan fingerprint density at radius 2 is 1.65 bits per heavy atom. The standard InChI is InChI=1S/C14H27N3O3/c1-4-16(5-2)13(18)11-15-7-9-17(10-8-15)14(19)12-20-6-3/h4-12H2,1-3H3. The Bertz CT molecular complexity index is 311. The molecule has 0 atom stereocenters. The molecule has 1 saturated heterocycles. The first-order valence-corrected chi connectivity index (χ1v) is 7.47. The van der Waals surface area contributed by atoms with Crippen molar-refractivity contribution in [1.82, 2.24) is 14.7 Å². The Morgan fingerprint density at radius 1 is 1.05 bits per heavy atom. The number of amides is 2. The molecular weight excluding hydrogens is 258 g/mol. The highest BCUT2D eigenvalue weighted by molar-refractivity contribution is 5.79. The number of carbonyl (C=O) groups is 2. The molecule has 1 heterocycles. The van der Waals surface area contributed by atoms with Gasteiger partial charge in [0, 0.05) is 45.9 Å². The van der Waals surface area contributed by atoms with E-state index in [1.165, 1.54) is 0 Å². The van der Waals surface area contributed by atoms with Gasteiger partial charge in [0.15, 0.2) is 0 Å². The maximum Gasteiger partial charge on any atom is 0.248 e. The average Bonchev–Trinajstić information content (AvgIpc) is 2.46. The molecule has 1 fully saturated rings. The smallest absolute Gasteiger partial charge is 0.248 e. The number of carbonyl (C=O) groups excluding carboxylic acids is 2. The molecule has 0 spiro atoms. The van der Waals surface area contributed by atoms with Crippen molar-refractivity contribution in [1.29, 1.82) is 0 Å². The SMILES string of the molecule is CCOCC(=O)N1CCN(CC(=O)N(CC)CC)CC1. The van der Waals surface area contributed by atoms with Gasteiger partial charge in [-0.3, -0.25) is 14.5 Å². The zero-order chi connectivity index (χ0) is 15.0. The summed E-state index contributed by atoms with van der Waals surface area (Å²) in [7, 11) is 0. The normalized spacial score (nSPS) is 16.2. The molecule has 0 aliphatic carbocycles. The number of hydrogen-bond acceptors (Lipinski definition) is 4. The van der Waals surface area contributed by atoms with E-state index in [1.807, 2.05) is 30.6 Å². The maximum atomic E-state index is 12.0. The molecule has 2 amide bonds. The molecule has 0 unspecified atom stereocenters. The molecular formula is C14H27N3O3. The molecule has 20 heavy (non-hydrogen) atoms. The highest BCUT2D eigenvalue weighted by Crippen LogP contribution is 2.03. The van der Waals surface area contributed by atoms with Crippen LogP contribution < -0.4 is 0 Å². The molecule has 0 radical (unpaired) electrons. The quantitative estimate of drug-likeness (QED) is 0.662. The predicted molar refractivity (Wildman–Crippen MR) is 77.4 cm³/mol. The van der Waals surface area contributed by atoms with Gasteiger partial charge >= 0.3 is 0 Å². The fourth-order valence-electron chi connectivity index (χ4n) is 2.30. The fraction of sp³-hybridized carbons (Fsp3) is 0.857. The van der Waals surface area contributed by atoms with E-state index < -0.39 is 0 Å². The number of nitrogens with zero attached hydrogens (tertiary/aromatic N) is 3. The van der Waals surface area contributed by atoms with Crippen LogP contribution in [0, 0.1) is 0 Å². The van der Waals surface area contributed by atoms with Crippen LogP contribution >= 0.6 is 0 Å². The predicted octanol–water partition coefficient (Wildman–Crippen LogP) is 0.0355. The number of likely N-dealkylation sites (N-methyl/N-ethyl adjacent to an activating group) is 1. The summed E-state index contributed by atoms with van der Waals surface area (Å²) in [4.78, 5) is 29.6. The summed E-state index contributed by atoms with van der Waals surface area (Å²) in [6.07, 6.45) is 0. The van der Waals surface area contributed by atoms with Gasteiger partial charge in [0.05, 0.1) is 6.54 Å². The second-order valence-corrected chi connectivity index (χ2v) is 4.86. The van der Waals surface area contributed by atoms with Crippen LogP contribution in [0.15, 0.2) is 0 Å². The average molecular weight is 285 g/mol. The van der Waals surface area contributed by atoms with Gasteiger partial charge in [-0.2, -0.15) is 0 Å². The third-order valence-electron chi connectivity index (χ3n) is 3.63. The number of ether oxygens (including phenoxy) is 1. The molecule has 0 N–H and O–H groups in total. The van der Waals surface area contributed by atoms with Crippen molar-refractivity contribution in [3.63, 3.8) is 0 Å². The second-order valence-electron chi connectivity index (χ2n) is 4.86. The van der Waals surface area contributed by atoms with Crippen LogP contribution in [0.5, 0.6) is 0 Å². The summed E-state index contributed by atoms with van der Waals surface area (Å²) in [5, 5.41) is 0. The Morgan fingerprint density at radius 3 is 2.15 bits per heavy atom. The van der Waals surface area contributed by atoms with E-state index in [-0.39, 0.29) is 18.4 Å². The summed E-state index contributed by atoms with van der Waals surface area (Å²) in [6.45, 7) is 11.4. The van der Waals surface area contributed by atoms with Gasteiger partial charge in [0.1, 0.15) is 6.61 Å². The van der Waals surface area contributed by atoms with Gasteiger partial charge in [-0.15, -0.1) is 0 Å². The van der Waals surface area contributed by atoms with Crippen LogP contribution in [-0.2, 0) is 14.3 Å². The van der Waals surface area contributed by atoms with Crippen molar-refractivity contribution < 1.29 is 14.3 Å². The second kappa shape index (κ2) is 8.92. The van der Waals surface area contributed by atoms with Crippen LogP contribution in [0.4, 0.5) is 0 Å². The Kier molecular flexibility index (Phi) is 7.54. The highest BCUT2D eigenvalue weighted by atomic mass is 16.5. The first-order chi connectivity index (χ1) is 9.62. The van der Waals surface area contributed by atoms with Crippen LogP contribution in [0.25, 0.3) is 0 Å². The summed E-state index contributed by atoms with van der Waals surface area (Å²) in [5.74, 6) is 0.214. The molecule has 6 heteroatoms. The third-order valence-corrected chi connectivity index (χ3v) is 3.63. The Labute approximate surface area is 121 Å². The monoisotopic (exact) mass is 285 g/mol. The molecule has 0 aromatic carbocycles. The Hall–Kier alpha value is -1.14. The lowest BCUT2D eigenvalue weighted by molar-refractivity contribution is -0.138. The molecule has 1 aliphatic heterocycles. The maximum absolute atomic E-state index is 12.0. The molecule has 1 rings (SSSR count). The Balaban J connectivity index is 2.31. The molecule has 0 aromatic rings. The molecule has 116 valence electrons. The first-order valence-electron chi connectivity index (χ1n) is 7.47. The summed E-state index contributed by atoms with van der Waals surface area (Å²) >= 11 is 0. The van der Waals surface area contributed by atoms with Crippen LogP contribution in [0.1, 0.15) is 20.8 Å². The van der Waals surface area contributed by atoms with Gasteiger partial charge in [-0.1, -0.05) is 0 Å². The van der Waals surface area contributed by atoms with Crippen molar-refractivity contribution in [2.75, 3.05) is 59.0 Å². The number of piperazine rings is 1. The van der Waals surface area contributed by atoms with E-state index in [4.69, 9.17) is 4.74 Å². The lowest BCUT2D eigenvalue weighted by Crippen LogP contribution is -2.52. The van der Waals surface area contributed by atoms with Gasteiger partial charge in [-0.25, -0.2) is 0 Å². The zero-order valence-electron chi connectivity index (χ0n) is 12.9. The molecule has 0 aromatic heterocycles. The third kappa shape index (κ3) is 5.09. The minimum atomic E-state index is 0.0431. The topological polar surface area (TPSA) is 53.1 Å². The van der Waals surface area contributed by atoms with Crippen molar-refractivity contribution in [3.05, 3.63) is 0 Å². The fourth-order valence-corrected chi connectivity index (χ4v) is 2.30. The van der Waals surface area contributed by atoms with E-state index in [0.717, 1.165) is 26.2 Å². The van der Waals surface area contributed by atoms with Gasteiger partial charge in [-0.05, 0) is 20.8 Å². The largest absolute Gasteiger partial charge is 0.372 e. The highest BCUT2D eigenvalue weighted by Gasteiger charge is 2.23. The van der Waals surface area contributed by atoms with E-state index in [0.29, 0.717) is 26.2 Å². The van der Waals surface area contributed by atoms with Crippen molar-refractivity contribution >= 4 is 11.8 Å². The van der Waals surface area contributed by atoms with E-state index in [2.05, 4.69) is 4.90 Å². The van der Waals surface area contributed by atoms with E-state index in [9.17, 15) is 9.59 Å². The summed E-state index contributed by atoms with van der Waals surface area (Å²) in [6, 6.07) is 0. The zero-order valence-corrected chi connectivity index (χ0v) is 12.9. The molecule has 1 aliphatic rings. The van der Waals surface area contributed by atoms with Gasteiger partial charge < -0.3 is 14.5 Å². The summed E-state index contributed by atoms with van der Waals surface area (Å²) in [5.41, 5.74) is 0. The van der Waals surface area contributed by atoms with Gasteiger partial charge in [0.25, 0.3) is 0 Å². The van der Waals surface area contributed by atoms with Crippen LogP contribution in [-0.4, -0.2) is 85.5 Å². The molecule has 0 bridgehead atoms. The minimum Gasteiger partial charge on any atom is -0.372 e. The number of hydrogen-bond donors (Lipinski definition) is 0.